The molecule has 0 N–H and O–H groups in total. The summed E-state index contributed by atoms with van der Waals surface area (Å²) < 4.78 is 20.6. The highest BCUT2D eigenvalue weighted by Gasteiger charge is 2.17. The molecule has 0 amide bonds. The highest BCUT2D eigenvalue weighted by Crippen LogP contribution is 2.09. The average Bonchev–Trinajstić information content (AvgIpc) is 3.01. The monoisotopic (exact) mass is 626 g/mol. The molecule has 0 aliphatic rings. The Morgan fingerprint density at radius 2 is 0.659 bits per heavy atom. The lowest BCUT2D eigenvalue weighted by molar-refractivity contribution is -0.155. The van der Waals surface area contributed by atoms with E-state index >= 15 is 0 Å². The van der Waals surface area contributed by atoms with Crippen LogP contribution in [-0.2, 0) is 42.9 Å². The van der Waals surface area contributed by atoms with Crippen LogP contribution in [0, 0.1) is 0 Å². The maximum atomic E-state index is 11.9. The van der Waals surface area contributed by atoms with Gasteiger partial charge in [0.1, 0.15) is 0 Å². The predicted molar refractivity (Wildman–Crippen MR) is 171 cm³/mol. The number of ether oxygens (including phenoxy) is 4. The summed E-state index contributed by atoms with van der Waals surface area (Å²) in [6, 6.07) is 0. The minimum Gasteiger partial charge on any atom is -0.466 e. The van der Waals surface area contributed by atoms with Gasteiger partial charge in [-0.1, -0.05) is 90.9 Å². The van der Waals surface area contributed by atoms with E-state index in [4.69, 9.17) is 18.9 Å². The molecule has 0 aromatic carbocycles. The van der Waals surface area contributed by atoms with Crippen molar-refractivity contribution in [2.75, 3.05) is 26.4 Å². The van der Waals surface area contributed by atoms with Crippen molar-refractivity contribution in [1.82, 2.24) is 0 Å². The maximum absolute atomic E-state index is 11.9. The number of rotatable bonds is 32. The molecule has 9 heteroatoms. The SMILES string of the molecule is CCCCCCCCCOC(=O)CCCCCOC(=O)CCC(=O)C(=O)OCCCCCC(=O)OCCCCCCCCC. The van der Waals surface area contributed by atoms with Gasteiger partial charge in [-0.3, -0.25) is 19.2 Å². The van der Waals surface area contributed by atoms with Gasteiger partial charge in [0.2, 0.25) is 5.78 Å². The van der Waals surface area contributed by atoms with Crippen molar-refractivity contribution in [3.8, 4) is 0 Å². The van der Waals surface area contributed by atoms with Gasteiger partial charge < -0.3 is 18.9 Å². The van der Waals surface area contributed by atoms with Gasteiger partial charge in [-0.15, -0.1) is 0 Å². The number of hydrogen-bond donors (Lipinski definition) is 0. The van der Waals surface area contributed by atoms with Crippen molar-refractivity contribution in [3.63, 3.8) is 0 Å². The van der Waals surface area contributed by atoms with Crippen LogP contribution in [0.4, 0.5) is 0 Å². The second-order valence-corrected chi connectivity index (χ2v) is 11.6. The Balaban J connectivity index is 3.57. The summed E-state index contributed by atoms with van der Waals surface area (Å²) in [6.45, 7) is 5.64. The molecule has 0 bridgehead atoms. The molecule has 0 aliphatic carbocycles. The van der Waals surface area contributed by atoms with Crippen LogP contribution in [0.5, 0.6) is 0 Å². The zero-order valence-electron chi connectivity index (χ0n) is 28.0. The highest BCUT2D eigenvalue weighted by atomic mass is 16.5. The van der Waals surface area contributed by atoms with Crippen LogP contribution in [0.2, 0.25) is 0 Å². The first-order valence-corrected chi connectivity index (χ1v) is 17.6. The van der Waals surface area contributed by atoms with E-state index in [1.165, 1.54) is 64.2 Å². The van der Waals surface area contributed by atoms with E-state index in [0.29, 0.717) is 58.2 Å². The third-order valence-corrected chi connectivity index (χ3v) is 7.35. The Hall–Kier alpha value is -2.45. The van der Waals surface area contributed by atoms with Crippen LogP contribution >= 0.6 is 0 Å². The van der Waals surface area contributed by atoms with E-state index in [0.717, 1.165) is 32.1 Å². The molecule has 0 rings (SSSR count). The van der Waals surface area contributed by atoms with Crippen LogP contribution in [0.15, 0.2) is 0 Å². The topological polar surface area (TPSA) is 122 Å². The van der Waals surface area contributed by atoms with Crippen LogP contribution in [0.25, 0.3) is 0 Å². The van der Waals surface area contributed by atoms with E-state index < -0.39 is 17.7 Å². The van der Waals surface area contributed by atoms with Crippen molar-refractivity contribution in [3.05, 3.63) is 0 Å². The molecule has 0 heterocycles. The predicted octanol–water partition coefficient (Wildman–Crippen LogP) is 8.13. The average molecular weight is 627 g/mol. The van der Waals surface area contributed by atoms with E-state index in [9.17, 15) is 24.0 Å². The molecular formula is C35H62O9. The maximum Gasteiger partial charge on any atom is 0.374 e. The van der Waals surface area contributed by atoms with Gasteiger partial charge >= 0.3 is 23.9 Å². The fourth-order valence-corrected chi connectivity index (χ4v) is 4.55. The van der Waals surface area contributed by atoms with Gasteiger partial charge in [-0.2, -0.15) is 0 Å². The third kappa shape index (κ3) is 29.6. The van der Waals surface area contributed by atoms with Gasteiger partial charge in [0.15, 0.2) is 0 Å². The smallest absolute Gasteiger partial charge is 0.374 e. The van der Waals surface area contributed by atoms with Crippen molar-refractivity contribution in [2.45, 2.75) is 168 Å². The molecule has 0 aromatic heterocycles. The molecule has 0 radical (unpaired) electrons. The van der Waals surface area contributed by atoms with Crippen molar-refractivity contribution in [1.29, 1.82) is 0 Å². The van der Waals surface area contributed by atoms with Gasteiger partial charge in [-0.05, 0) is 51.4 Å². The Kier molecular flexibility index (Phi) is 30.2. The number of ketones is 1. The number of hydrogen-bond acceptors (Lipinski definition) is 9. The van der Waals surface area contributed by atoms with Crippen molar-refractivity contribution >= 4 is 29.7 Å². The summed E-state index contributed by atoms with van der Waals surface area (Å²) >= 11 is 0. The highest BCUT2D eigenvalue weighted by molar-refractivity contribution is 6.33. The Labute approximate surface area is 266 Å². The zero-order chi connectivity index (χ0) is 32.5. The second-order valence-electron chi connectivity index (χ2n) is 11.6. The summed E-state index contributed by atoms with van der Waals surface area (Å²) in [5.74, 6) is -2.65. The standard InChI is InChI=1S/C35H62O9/c1-3-5-7-9-11-13-19-27-41-32(37)23-17-15-21-29-43-34(39)26-25-31(36)35(40)44-30-22-16-18-24-33(38)42-28-20-14-12-10-8-6-4-2/h3-30H2,1-2H3. The largest absolute Gasteiger partial charge is 0.466 e. The molecule has 0 fully saturated rings. The second kappa shape index (κ2) is 32.0. The third-order valence-electron chi connectivity index (χ3n) is 7.35. The van der Waals surface area contributed by atoms with Gasteiger partial charge in [0, 0.05) is 19.3 Å². The number of Topliss-reactive ketones (excluding diaryl/α,β-unsaturated/α-hetero) is 1. The molecule has 0 unspecified atom stereocenters. The molecule has 0 saturated carbocycles. The van der Waals surface area contributed by atoms with E-state index in [1.807, 2.05) is 0 Å². The number of unbranched alkanes of at least 4 members (excludes halogenated alkanes) is 16. The van der Waals surface area contributed by atoms with Gasteiger partial charge in [0.05, 0.1) is 32.8 Å². The van der Waals surface area contributed by atoms with E-state index in [1.54, 1.807) is 0 Å². The number of esters is 4. The lowest BCUT2D eigenvalue weighted by atomic mass is 10.1. The van der Waals surface area contributed by atoms with Crippen LogP contribution in [0.3, 0.4) is 0 Å². The molecule has 0 saturated heterocycles. The lowest BCUT2D eigenvalue weighted by Gasteiger charge is -2.07. The first-order chi connectivity index (χ1) is 21.4. The molecule has 44 heavy (non-hydrogen) atoms. The lowest BCUT2D eigenvalue weighted by Crippen LogP contribution is -2.19. The molecule has 9 nitrogen and oxygen atoms in total. The van der Waals surface area contributed by atoms with Crippen LogP contribution in [-0.4, -0.2) is 56.1 Å². The molecular weight excluding hydrogens is 564 g/mol. The fourth-order valence-electron chi connectivity index (χ4n) is 4.55. The Bertz CT molecular complexity index is 750. The van der Waals surface area contributed by atoms with Gasteiger partial charge in [0.25, 0.3) is 0 Å². The molecule has 0 aliphatic heterocycles. The quantitative estimate of drug-likeness (QED) is 0.0315. The zero-order valence-corrected chi connectivity index (χ0v) is 28.0. The Morgan fingerprint density at radius 3 is 1.07 bits per heavy atom. The minimum absolute atomic E-state index is 0.0920. The summed E-state index contributed by atoms with van der Waals surface area (Å²) in [6.07, 6.45) is 20.6. The fraction of sp³-hybridized carbons (Fsp3) is 0.857. The first kappa shape index (κ1) is 41.5. The number of carbonyl (C=O) groups excluding carboxylic acids is 5. The molecule has 0 atom stereocenters. The summed E-state index contributed by atoms with van der Waals surface area (Å²) in [4.78, 5) is 59.2. The molecule has 0 spiro atoms. The summed E-state index contributed by atoms with van der Waals surface area (Å²) in [5, 5.41) is 0. The summed E-state index contributed by atoms with van der Waals surface area (Å²) in [5.41, 5.74) is 0. The summed E-state index contributed by atoms with van der Waals surface area (Å²) in [7, 11) is 0. The first-order valence-electron chi connectivity index (χ1n) is 17.6. The van der Waals surface area contributed by atoms with Crippen molar-refractivity contribution < 1.29 is 42.9 Å². The van der Waals surface area contributed by atoms with Crippen molar-refractivity contribution in [2.24, 2.45) is 0 Å². The normalized spacial score (nSPS) is 10.8. The minimum atomic E-state index is -0.953. The van der Waals surface area contributed by atoms with E-state index in [2.05, 4.69) is 13.8 Å². The Morgan fingerprint density at radius 1 is 0.341 bits per heavy atom. The number of carbonyl (C=O) groups is 5. The van der Waals surface area contributed by atoms with Crippen LogP contribution in [0.1, 0.15) is 168 Å². The molecule has 256 valence electrons. The molecule has 0 aromatic rings. The van der Waals surface area contributed by atoms with Gasteiger partial charge in [-0.25, -0.2) is 4.79 Å². The van der Waals surface area contributed by atoms with E-state index in [-0.39, 0.29) is 38.0 Å². The van der Waals surface area contributed by atoms with Crippen LogP contribution < -0.4 is 0 Å².